The van der Waals surface area contributed by atoms with Gasteiger partial charge in [0.1, 0.15) is 0 Å². The molecule has 0 aliphatic carbocycles. The number of benzene rings is 2. The van der Waals surface area contributed by atoms with Crippen LogP contribution in [-0.2, 0) is 21.8 Å². The average Bonchev–Trinajstić information content (AvgIpc) is 3.04. The molecule has 1 amide bonds. The lowest BCUT2D eigenvalue weighted by molar-refractivity contribution is 0.0681. The van der Waals surface area contributed by atoms with Crippen LogP contribution < -0.4 is 4.74 Å². The van der Waals surface area contributed by atoms with E-state index in [0.29, 0.717) is 24.3 Å². The summed E-state index contributed by atoms with van der Waals surface area (Å²) in [6.45, 7) is 6.71. The molecule has 0 N–H and O–H groups in total. The Morgan fingerprint density at radius 2 is 1.71 bits per heavy atom. The van der Waals surface area contributed by atoms with Gasteiger partial charge < -0.3 is 9.64 Å². The zero-order valence-electron chi connectivity index (χ0n) is 18.1. The summed E-state index contributed by atoms with van der Waals surface area (Å²) in [5.74, 6) is 0.0198. The number of sulfone groups is 1. The molecule has 1 aliphatic heterocycles. The molecular weight excluding hydrogens is 457 g/mol. The van der Waals surface area contributed by atoms with Gasteiger partial charge in [-0.05, 0) is 35.1 Å². The van der Waals surface area contributed by atoms with Crippen LogP contribution in [0.15, 0.2) is 36.4 Å². The second kappa shape index (κ2) is 9.00. The Hall–Kier alpha value is -1.76. The highest BCUT2D eigenvalue weighted by molar-refractivity contribution is 7.91. The highest BCUT2D eigenvalue weighted by Crippen LogP contribution is 2.35. The van der Waals surface area contributed by atoms with Crippen molar-refractivity contribution in [3.8, 4) is 5.75 Å². The van der Waals surface area contributed by atoms with Crippen LogP contribution in [0.25, 0.3) is 0 Å². The molecule has 1 fully saturated rings. The Labute approximate surface area is 194 Å². The van der Waals surface area contributed by atoms with Gasteiger partial charge in [-0.3, -0.25) is 4.79 Å². The molecule has 5 nitrogen and oxygen atoms in total. The molecule has 0 aromatic heterocycles. The van der Waals surface area contributed by atoms with Crippen molar-refractivity contribution in [3.05, 3.63) is 63.1 Å². The van der Waals surface area contributed by atoms with Crippen molar-refractivity contribution in [2.75, 3.05) is 18.6 Å². The number of rotatable bonds is 5. The van der Waals surface area contributed by atoms with E-state index in [0.717, 1.165) is 5.56 Å². The van der Waals surface area contributed by atoms with E-state index in [4.69, 9.17) is 27.9 Å². The van der Waals surface area contributed by atoms with Gasteiger partial charge in [-0.15, -0.1) is 0 Å². The van der Waals surface area contributed by atoms with Crippen molar-refractivity contribution in [2.45, 2.75) is 45.2 Å². The number of methoxy groups -OCH3 is 1. The third-order valence-corrected chi connectivity index (χ3v) is 7.84. The predicted octanol–water partition coefficient (Wildman–Crippen LogP) is 5.13. The molecule has 2 aromatic rings. The normalized spacial score (nSPS) is 18.1. The van der Waals surface area contributed by atoms with Crippen LogP contribution in [0.5, 0.6) is 5.75 Å². The minimum absolute atomic E-state index is 0.0180. The van der Waals surface area contributed by atoms with E-state index in [-0.39, 0.29) is 32.9 Å². The molecule has 8 heteroatoms. The SMILES string of the molecule is COc1c(Cl)cc(C(=O)N(Cc2ccc(C(C)(C)C)cc2)[C@H]2CCS(=O)(=O)C2)cc1Cl. The third kappa shape index (κ3) is 5.54. The number of nitrogens with zero attached hydrogens (tertiary/aromatic N) is 1. The first kappa shape index (κ1) is 23.9. The molecule has 2 aromatic carbocycles. The van der Waals surface area contributed by atoms with E-state index in [1.54, 1.807) is 4.90 Å². The maximum absolute atomic E-state index is 13.5. The Morgan fingerprint density at radius 3 is 2.16 bits per heavy atom. The topological polar surface area (TPSA) is 63.7 Å². The monoisotopic (exact) mass is 483 g/mol. The molecule has 31 heavy (non-hydrogen) atoms. The van der Waals surface area contributed by atoms with Crippen LogP contribution in [0.4, 0.5) is 0 Å². The van der Waals surface area contributed by atoms with Gasteiger partial charge in [0.05, 0.1) is 28.7 Å². The lowest BCUT2D eigenvalue weighted by Crippen LogP contribution is -2.40. The van der Waals surface area contributed by atoms with Gasteiger partial charge in [0.2, 0.25) is 0 Å². The van der Waals surface area contributed by atoms with E-state index in [1.807, 2.05) is 24.3 Å². The largest absolute Gasteiger partial charge is 0.494 e. The van der Waals surface area contributed by atoms with Gasteiger partial charge in [0.25, 0.3) is 5.91 Å². The van der Waals surface area contributed by atoms with Gasteiger partial charge in [-0.2, -0.15) is 0 Å². The summed E-state index contributed by atoms with van der Waals surface area (Å²) in [6, 6.07) is 10.7. The predicted molar refractivity (Wildman–Crippen MR) is 125 cm³/mol. The fraction of sp³-hybridized carbons (Fsp3) is 0.435. The summed E-state index contributed by atoms with van der Waals surface area (Å²) < 4.78 is 29.4. The summed E-state index contributed by atoms with van der Waals surface area (Å²) in [5.41, 5.74) is 2.43. The quantitative estimate of drug-likeness (QED) is 0.591. The van der Waals surface area contributed by atoms with E-state index >= 15 is 0 Å². The second-order valence-electron chi connectivity index (χ2n) is 8.91. The van der Waals surface area contributed by atoms with Crippen molar-refractivity contribution < 1.29 is 17.9 Å². The van der Waals surface area contributed by atoms with Crippen molar-refractivity contribution in [2.24, 2.45) is 0 Å². The Morgan fingerprint density at radius 1 is 1.13 bits per heavy atom. The summed E-state index contributed by atoms with van der Waals surface area (Å²) in [7, 11) is -1.72. The van der Waals surface area contributed by atoms with Crippen molar-refractivity contribution in [3.63, 3.8) is 0 Å². The van der Waals surface area contributed by atoms with Crippen molar-refractivity contribution in [1.82, 2.24) is 4.90 Å². The number of halogens is 2. The first-order valence-electron chi connectivity index (χ1n) is 10.0. The van der Waals surface area contributed by atoms with Crippen LogP contribution in [0.2, 0.25) is 10.0 Å². The zero-order chi connectivity index (χ0) is 23.0. The Balaban J connectivity index is 1.94. The smallest absolute Gasteiger partial charge is 0.254 e. The highest BCUT2D eigenvalue weighted by atomic mass is 35.5. The van der Waals surface area contributed by atoms with Crippen LogP contribution in [0, 0.1) is 0 Å². The van der Waals surface area contributed by atoms with Crippen LogP contribution >= 0.6 is 23.2 Å². The molecular formula is C23H27Cl2NO4S. The first-order chi connectivity index (χ1) is 14.4. The molecule has 0 bridgehead atoms. The van der Waals surface area contributed by atoms with Gasteiger partial charge >= 0.3 is 0 Å². The maximum Gasteiger partial charge on any atom is 0.254 e. The van der Waals surface area contributed by atoms with E-state index in [9.17, 15) is 13.2 Å². The second-order valence-corrected chi connectivity index (χ2v) is 12.0. The van der Waals surface area contributed by atoms with E-state index < -0.39 is 15.9 Å². The number of ether oxygens (including phenoxy) is 1. The molecule has 0 unspecified atom stereocenters. The Kier molecular flexibility index (Phi) is 6.94. The van der Waals surface area contributed by atoms with Crippen LogP contribution in [0.3, 0.4) is 0 Å². The number of hydrogen-bond donors (Lipinski definition) is 0. The number of amides is 1. The first-order valence-corrected chi connectivity index (χ1v) is 12.6. The minimum Gasteiger partial charge on any atom is -0.494 e. The van der Waals surface area contributed by atoms with Crippen LogP contribution in [-0.4, -0.2) is 43.9 Å². The molecule has 0 radical (unpaired) electrons. The fourth-order valence-corrected chi connectivity index (χ4v) is 6.11. The summed E-state index contributed by atoms with van der Waals surface area (Å²) >= 11 is 12.5. The van der Waals surface area contributed by atoms with E-state index in [1.165, 1.54) is 24.8 Å². The lowest BCUT2D eigenvalue weighted by Gasteiger charge is -2.29. The molecule has 3 rings (SSSR count). The van der Waals surface area contributed by atoms with E-state index in [2.05, 4.69) is 20.8 Å². The number of carbonyl (C=O) groups excluding carboxylic acids is 1. The summed E-state index contributed by atoms with van der Waals surface area (Å²) in [5, 5.41) is 0.457. The molecule has 0 spiro atoms. The number of carbonyl (C=O) groups is 1. The van der Waals surface area contributed by atoms with Gasteiger partial charge in [-0.25, -0.2) is 8.42 Å². The lowest BCUT2D eigenvalue weighted by atomic mass is 9.86. The minimum atomic E-state index is -3.17. The van der Waals surface area contributed by atoms with Crippen LogP contribution in [0.1, 0.15) is 48.7 Å². The molecule has 0 saturated carbocycles. The molecule has 1 atom stereocenters. The fourth-order valence-electron chi connectivity index (χ4n) is 3.74. The zero-order valence-corrected chi connectivity index (χ0v) is 20.4. The van der Waals surface area contributed by atoms with Crippen molar-refractivity contribution >= 4 is 38.9 Å². The maximum atomic E-state index is 13.5. The average molecular weight is 484 g/mol. The third-order valence-electron chi connectivity index (χ3n) is 5.53. The van der Waals surface area contributed by atoms with Gasteiger partial charge in [0.15, 0.2) is 15.6 Å². The van der Waals surface area contributed by atoms with Crippen molar-refractivity contribution in [1.29, 1.82) is 0 Å². The molecule has 1 aliphatic rings. The molecule has 168 valence electrons. The van der Waals surface area contributed by atoms with Gasteiger partial charge in [0, 0.05) is 18.2 Å². The number of hydrogen-bond acceptors (Lipinski definition) is 4. The summed E-state index contributed by atoms with van der Waals surface area (Å²) in [4.78, 5) is 15.1. The highest BCUT2D eigenvalue weighted by Gasteiger charge is 2.35. The standard InChI is InChI=1S/C23H27Cl2NO4S/c1-23(2,3)17-7-5-15(6-8-17)13-26(18-9-10-31(28,29)14-18)22(27)16-11-19(24)21(30-4)20(25)12-16/h5-8,11-12,18H,9-10,13-14H2,1-4H3/t18-/m0/s1. The Bertz CT molecular complexity index is 1050. The molecule has 1 heterocycles. The molecule has 1 saturated heterocycles. The summed E-state index contributed by atoms with van der Waals surface area (Å²) in [6.07, 6.45) is 0.408. The van der Waals surface area contributed by atoms with Gasteiger partial charge in [-0.1, -0.05) is 68.2 Å².